The summed E-state index contributed by atoms with van der Waals surface area (Å²) >= 11 is 3.86. The zero-order valence-electron chi connectivity index (χ0n) is 4.22. The highest BCUT2D eigenvalue weighted by Gasteiger charge is 1.64. The van der Waals surface area contributed by atoms with Crippen LogP contribution in [0.4, 0.5) is 0 Å². The predicted molar refractivity (Wildman–Crippen MR) is 42.1 cm³/mol. The number of hydrogen-bond acceptors (Lipinski definition) is 0. The molecule has 42 valence electrons. The number of nitrogens with two attached hydrogens (primary N) is 1. The van der Waals surface area contributed by atoms with E-state index < -0.39 is 0 Å². The van der Waals surface area contributed by atoms with Crippen molar-refractivity contribution in [1.82, 2.24) is 0 Å². The van der Waals surface area contributed by atoms with Crippen molar-refractivity contribution in [3.05, 3.63) is 0 Å². The van der Waals surface area contributed by atoms with E-state index in [0.29, 0.717) is 4.32 Å². The van der Waals surface area contributed by atoms with Gasteiger partial charge in [0.05, 0.1) is 4.32 Å². The number of rotatable bonds is 1. The molecule has 2 N–H and O–H groups in total. The molecule has 0 aliphatic carbocycles. The van der Waals surface area contributed by atoms with Gasteiger partial charge < -0.3 is 0 Å². The van der Waals surface area contributed by atoms with Crippen LogP contribution in [0.15, 0.2) is 0 Å². The van der Waals surface area contributed by atoms with E-state index in [1.807, 2.05) is 5.37 Å². The van der Waals surface area contributed by atoms with Crippen LogP contribution in [0.2, 0.25) is 0 Å². The fraction of sp³-hybridized carbons (Fsp3) is 0.500. The normalized spacial score (nSPS) is 7.86. The van der Waals surface area contributed by atoms with Crippen molar-refractivity contribution in [3.63, 3.8) is 0 Å². The second-order valence-corrected chi connectivity index (χ2v) is 2.82. The molecule has 0 unspecified atom stereocenters. The molecule has 0 radical (unpaired) electrons. The highest BCUT2D eigenvalue weighted by molar-refractivity contribution is 8.16. The van der Waals surface area contributed by atoms with Crippen LogP contribution in [-0.2, 0) is 0 Å². The monoisotopic (exact) mass is 135 g/mol. The summed E-state index contributed by atoms with van der Waals surface area (Å²) in [6, 6.07) is 0. The molecule has 7 heavy (non-hydrogen) atoms. The Kier molecular flexibility index (Phi) is 4.60. The third-order valence-corrected chi connectivity index (χ3v) is 1.43. The molecule has 0 heterocycles. The standard InChI is InChI=1S/C4H9NS2/c1-2-3-7-4(5)6/h3,6H,2,5H2,1H3. The van der Waals surface area contributed by atoms with Crippen LogP contribution in [-0.4, -0.2) is 9.69 Å². The van der Waals surface area contributed by atoms with E-state index in [1.54, 1.807) is 0 Å². The van der Waals surface area contributed by atoms with Crippen molar-refractivity contribution in [2.75, 3.05) is 0 Å². The molecule has 0 amide bonds. The second kappa shape index (κ2) is 4.43. The van der Waals surface area contributed by atoms with Gasteiger partial charge in [-0.2, -0.15) is 0 Å². The first-order valence-corrected chi connectivity index (χ1v) is 3.39. The van der Waals surface area contributed by atoms with Crippen molar-refractivity contribution in [2.45, 2.75) is 13.3 Å². The third-order valence-electron chi connectivity index (χ3n) is 0.371. The van der Waals surface area contributed by atoms with Crippen molar-refractivity contribution in [3.8, 4) is 0 Å². The minimum Gasteiger partial charge on any atom is -0.289 e. The Morgan fingerprint density at radius 1 is 2.00 bits per heavy atom. The predicted octanol–water partition coefficient (Wildman–Crippen LogP) is 0.908. The minimum absolute atomic E-state index is 0.613. The Balaban J connectivity index is 3.62. The Morgan fingerprint density at radius 3 is 2.71 bits per heavy atom. The maximum atomic E-state index is 5.19. The van der Waals surface area contributed by atoms with E-state index >= 15 is 0 Å². The molecule has 0 saturated heterocycles. The van der Waals surface area contributed by atoms with Gasteiger partial charge in [-0.3, -0.25) is 5.73 Å². The maximum absolute atomic E-state index is 5.19. The lowest BCUT2D eigenvalue weighted by atomic mass is 10.6. The summed E-state index contributed by atoms with van der Waals surface area (Å²) in [7, 11) is 1.46. The molecule has 0 spiro atoms. The first-order valence-electron chi connectivity index (χ1n) is 2.07. The zero-order chi connectivity index (χ0) is 5.70. The molecule has 0 aliphatic rings. The molecule has 0 aromatic heterocycles. The summed E-state index contributed by atoms with van der Waals surface area (Å²) in [5.74, 6) is 0. The molecule has 0 bridgehead atoms. The molecule has 0 aromatic carbocycles. The Hall–Kier alpha value is 0.270. The molecule has 1 nitrogen and oxygen atoms in total. The van der Waals surface area contributed by atoms with Gasteiger partial charge in [0, 0.05) is 0 Å². The summed E-state index contributed by atoms with van der Waals surface area (Å²) in [6.45, 7) is 2.06. The van der Waals surface area contributed by atoms with Gasteiger partial charge in [-0.05, 0) is 11.8 Å². The van der Waals surface area contributed by atoms with Crippen molar-refractivity contribution < 1.29 is 0 Å². The van der Waals surface area contributed by atoms with E-state index in [-0.39, 0.29) is 0 Å². The summed E-state index contributed by atoms with van der Waals surface area (Å²) in [5, 5.41) is 2.00. The summed E-state index contributed by atoms with van der Waals surface area (Å²) < 4.78 is 0.613. The average Bonchev–Trinajstić information content (AvgIpc) is 1.61. The van der Waals surface area contributed by atoms with E-state index in [2.05, 4.69) is 19.6 Å². The largest absolute Gasteiger partial charge is 0.289 e. The summed E-state index contributed by atoms with van der Waals surface area (Å²) in [5.41, 5.74) is 5.19. The quantitative estimate of drug-likeness (QED) is 0.405. The smallest absolute Gasteiger partial charge is 0.0964 e. The van der Waals surface area contributed by atoms with Gasteiger partial charge in [-0.15, -0.1) is 23.6 Å². The fourth-order valence-corrected chi connectivity index (χ4v) is 0.730. The maximum Gasteiger partial charge on any atom is 0.0964 e. The molecular formula is C4H9NS2. The van der Waals surface area contributed by atoms with E-state index in [0.717, 1.165) is 6.42 Å². The molecule has 0 fully saturated rings. The van der Waals surface area contributed by atoms with Gasteiger partial charge in [0.1, 0.15) is 0 Å². The van der Waals surface area contributed by atoms with Crippen molar-refractivity contribution >= 4 is 33.3 Å². The van der Waals surface area contributed by atoms with Gasteiger partial charge in [-0.25, -0.2) is 0 Å². The minimum atomic E-state index is 0.613. The summed E-state index contributed by atoms with van der Waals surface area (Å²) in [4.78, 5) is 0. The van der Waals surface area contributed by atoms with E-state index in [1.165, 1.54) is 10.9 Å². The molecule has 3 heteroatoms. The van der Waals surface area contributed by atoms with Gasteiger partial charge in [0.2, 0.25) is 0 Å². The molecule has 0 aromatic rings. The summed E-state index contributed by atoms with van der Waals surface area (Å²) in [6.07, 6.45) is 1.03. The lowest BCUT2D eigenvalue weighted by molar-refractivity contribution is 1.35. The molecule has 0 rings (SSSR count). The Bertz CT molecular complexity index is 98.3. The van der Waals surface area contributed by atoms with Crippen LogP contribution in [0.5, 0.6) is 0 Å². The van der Waals surface area contributed by atoms with E-state index in [9.17, 15) is 0 Å². The molecular weight excluding hydrogens is 126 g/mol. The fourth-order valence-electron chi connectivity index (χ4n) is 0.169. The SMILES string of the molecule is CCC=S=C(N)S. The third kappa shape index (κ3) is 6.27. The van der Waals surface area contributed by atoms with Gasteiger partial charge in [0.15, 0.2) is 0 Å². The second-order valence-electron chi connectivity index (χ2n) is 1.03. The highest BCUT2D eigenvalue weighted by Crippen LogP contribution is 1.77. The van der Waals surface area contributed by atoms with Gasteiger partial charge >= 0.3 is 0 Å². The number of hydrogen-bond donors (Lipinski definition) is 2. The van der Waals surface area contributed by atoms with Crippen molar-refractivity contribution in [1.29, 1.82) is 0 Å². The Labute approximate surface area is 52.9 Å². The van der Waals surface area contributed by atoms with Crippen LogP contribution < -0.4 is 5.73 Å². The van der Waals surface area contributed by atoms with Crippen LogP contribution in [0.1, 0.15) is 13.3 Å². The van der Waals surface area contributed by atoms with Crippen LogP contribution >= 0.6 is 23.6 Å². The van der Waals surface area contributed by atoms with Crippen LogP contribution in [0, 0.1) is 0 Å². The van der Waals surface area contributed by atoms with Gasteiger partial charge in [-0.1, -0.05) is 6.92 Å². The van der Waals surface area contributed by atoms with Crippen LogP contribution in [0.25, 0.3) is 0 Å². The van der Waals surface area contributed by atoms with Crippen LogP contribution in [0.3, 0.4) is 0 Å². The lowest BCUT2D eigenvalue weighted by Gasteiger charge is -1.73. The van der Waals surface area contributed by atoms with Gasteiger partial charge in [0.25, 0.3) is 0 Å². The van der Waals surface area contributed by atoms with E-state index in [4.69, 9.17) is 5.73 Å². The zero-order valence-corrected chi connectivity index (χ0v) is 5.93. The first kappa shape index (κ1) is 7.27. The molecule has 0 saturated carbocycles. The molecule has 0 aliphatic heterocycles. The Morgan fingerprint density at radius 2 is 2.57 bits per heavy atom. The van der Waals surface area contributed by atoms with Crippen molar-refractivity contribution in [2.24, 2.45) is 5.73 Å². The first-order chi connectivity index (χ1) is 3.27. The topological polar surface area (TPSA) is 26.0 Å². The molecule has 0 atom stereocenters. The average molecular weight is 135 g/mol. The highest BCUT2D eigenvalue weighted by atomic mass is 32.2. The lowest BCUT2D eigenvalue weighted by Crippen LogP contribution is -1.96. The number of thiol groups is 1.